The maximum absolute atomic E-state index is 13.2. The number of benzene rings is 4. The molecule has 4 atom stereocenters. The molecule has 10 rings (SSSR count). The highest BCUT2D eigenvalue weighted by Gasteiger charge is 2.51. The van der Waals surface area contributed by atoms with Gasteiger partial charge in [0.15, 0.2) is 6.29 Å². The van der Waals surface area contributed by atoms with Gasteiger partial charge < -0.3 is 35.2 Å². The number of amides is 2. The van der Waals surface area contributed by atoms with E-state index in [1.807, 2.05) is 36.4 Å². The molecule has 57 heavy (non-hydrogen) atoms. The van der Waals surface area contributed by atoms with Crippen LogP contribution in [-0.4, -0.2) is 52.4 Å². The van der Waals surface area contributed by atoms with E-state index in [4.69, 9.17) is 21.1 Å². The van der Waals surface area contributed by atoms with Gasteiger partial charge in [0.25, 0.3) is 0 Å². The summed E-state index contributed by atoms with van der Waals surface area (Å²) in [6.45, 7) is 4.90. The van der Waals surface area contributed by atoms with Crippen molar-refractivity contribution in [1.82, 2.24) is 15.5 Å². The number of urea groups is 1. The van der Waals surface area contributed by atoms with E-state index in [1.165, 1.54) is 19.3 Å². The summed E-state index contributed by atoms with van der Waals surface area (Å²) in [5.74, 6) is 2.43. The lowest BCUT2D eigenvalue weighted by atomic mass is 9.53. The van der Waals surface area contributed by atoms with E-state index in [-0.39, 0.29) is 36.3 Å². The molecule has 9 heteroatoms. The highest BCUT2D eigenvalue weighted by atomic mass is 35.5. The summed E-state index contributed by atoms with van der Waals surface area (Å²) in [6.07, 6.45) is 7.88. The summed E-state index contributed by atoms with van der Waals surface area (Å²) >= 11 is 6.13. The predicted octanol–water partition coefficient (Wildman–Crippen LogP) is 9.04. The molecule has 8 nitrogen and oxygen atoms in total. The molecule has 2 heterocycles. The third-order valence-electron chi connectivity index (χ3n) is 13.9. The van der Waals surface area contributed by atoms with Crippen molar-refractivity contribution in [1.29, 1.82) is 0 Å². The molecule has 4 aliphatic carbocycles. The molecule has 4 aromatic carbocycles. The van der Waals surface area contributed by atoms with Crippen molar-refractivity contribution in [2.45, 2.75) is 101 Å². The number of halogens is 1. The highest BCUT2D eigenvalue weighted by Crippen LogP contribution is 2.55. The van der Waals surface area contributed by atoms with Crippen LogP contribution in [0.15, 0.2) is 97.1 Å². The van der Waals surface area contributed by atoms with E-state index >= 15 is 0 Å². The second-order valence-electron chi connectivity index (χ2n) is 18.0. The summed E-state index contributed by atoms with van der Waals surface area (Å²) in [4.78, 5) is 15.6. The number of ether oxygens (including phenoxy) is 2. The van der Waals surface area contributed by atoms with Crippen LogP contribution in [0.1, 0.15) is 98.5 Å². The van der Waals surface area contributed by atoms with Crippen molar-refractivity contribution < 1.29 is 24.5 Å². The van der Waals surface area contributed by atoms with Gasteiger partial charge in [-0.25, -0.2) is 4.79 Å². The number of likely N-dealkylation sites (tertiary alicyclic amines) is 1. The van der Waals surface area contributed by atoms with E-state index in [1.54, 1.807) is 0 Å². The second kappa shape index (κ2) is 16.1. The summed E-state index contributed by atoms with van der Waals surface area (Å²) < 4.78 is 13.6. The number of nitrogens with zero attached hydrogens (tertiary/aromatic N) is 1. The average molecular weight is 790 g/mol. The Morgan fingerprint density at radius 3 is 2.11 bits per heavy atom. The van der Waals surface area contributed by atoms with Crippen LogP contribution < -0.4 is 10.6 Å². The van der Waals surface area contributed by atoms with Crippen molar-refractivity contribution in [2.24, 2.45) is 23.7 Å². The molecule has 4 N–H and O–H groups in total. The number of aliphatic hydroxyl groups excluding tert-OH is 1. The van der Waals surface area contributed by atoms with E-state index in [0.717, 1.165) is 95.6 Å². The Morgan fingerprint density at radius 1 is 0.807 bits per heavy atom. The van der Waals surface area contributed by atoms with Crippen LogP contribution in [0.4, 0.5) is 4.79 Å². The van der Waals surface area contributed by atoms with Crippen LogP contribution in [-0.2, 0) is 28.2 Å². The van der Waals surface area contributed by atoms with E-state index in [9.17, 15) is 15.0 Å². The van der Waals surface area contributed by atoms with Crippen molar-refractivity contribution in [3.8, 4) is 11.1 Å². The van der Waals surface area contributed by atoms with Crippen LogP contribution in [0.5, 0.6) is 0 Å². The van der Waals surface area contributed by atoms with Crippen molar-refractivity contribution >= 4 is 17.6 Å². The number of hydrogen-bond acceptors (Lipinski definition) is 6. The number of nitrogens with one attached hydrogen (secondary N) is 2. The normalized spacial score (nSPS) is 30.6. The van der Waals surface area contributed by atoms with Crippen LogP contribution in [0.2, 0.25) is 5.02 Å². The van der Waals surface area contributed by atoms with E-state index in [2.05, 4.69) is 83.1 Å². The first kappa shape index (κ1) is 38.7. The summed E-state index contributed by atoms with van der Waals surface area (Å²) in [6, 6.07) is 32.4. The molecule has 6 aliphatic rings. The maximum Gasteiger partial charge on any atom is 0.315 e. The van der Waals surface area contributed by atoms with Gasteiger partial charge in [0.1, 0.15) is 0 Å². The number of rotatable bonds is 10. The Balaban J connectivity index is 0.862. The Morgan fingerprint density at radius 2 is 1.46 bits per heavy atom. The third kappa shape index (κ3) is 8.41. The van der Waals surface area contributed by atoms with Crippen LogP contribution in [0, 0.1) is 23.7 Å². The second-order valence-corrected chi connectivity index (χ2v) is 18.4. The monoisotopic (exact) mass is 789 g/mol. The molecule has 2 aliphatic heterocycles. The Bertz CT molecular complexity index is 1980. The van der Waals surface area contributed by atoms with Gasteiger partial charge >= 0.3 is 6.03 Å². The first-order chi connectivity index (χ1) is 27.6. The van der Waals surface area contributed by atoms with Gasteiger partial charge in [0.05, 0.1) is 24.4 Å². The minimum Gasteiger partial charge on any atom is -0.392 e. The highest BCUT2D eigenvalue weighted by molar-refractivity contribution is 6.30. The number of piperidine rings is 1. The summed E-state index contributed by atoms with van der Waals surface area (Å²) in [5, 5.41) is 28.5. The molecule has 0 radical (unpaired) electrons. The molecular weight excluding hydrogens is 734 g/mol. The largest absolute Gasteiger partial charge is 0.392 e. The zero-order valence-corrected chi connectivity index (χ0v) is 33.7. The van der Waals surface area contributed by atoms with Crippen molar-refractivity contribution in [2.75, 3.05) is 19.6 Å². The van der Waals surface area contributed by atoms with Gasteiger partial charge in [-0.3, -0.25) is 0 Å². The Kier molecular flexibility index (Phi) is 11.0. The molecule has 0 spiro atoms. The van der Waals surface area contributed by atoms with Gasteiger partial charge in [0.2, 0.25) is 0 Å². The molecule has 4 bridgehead atoms. The van der Waals surface area contributed by atoms with E-state index < -0.39 is 11.9 Å². The first-order valence-corrected chi connectivity index (χ1v) is 21.5. The summed E-state index contributed by atoms with van der Waals surface area (Å²) in [7, 11) is 0. The van der Waals surface area contributed by atoms with Crippen molar-refractivity contribution in [3.05, 3.63) is 130 Å². The molecule has 6 fully saturated rings. The number of hydrogen-bond donors (Lipinski definition) is 4. The molecule has 2 saturated heterocycles. The first-order valence-electron chi connectivity index (χ1n) is 21.1. The predicted molar refractivity (Wildman–Crippen MR) is 222 cm³/mol. The van der Waals surface area contributed by atoms with Gasteiger partial charge in [-0.1, -0.05) is 97.4 Å². The molecule has 0 aromatic heterocycles. The lowest BCUT2D eigenvalue weighted by Crippen LogP contribution is -2.61. The molecule has 2 amide bonds. The average Bonchev–Trinajstić information content (AvgIpc) is 3.21. The maximum atomic E-state index is 13.2. The lowest BCUT2D eigenvalue weighted by molar-refractivity contribution is -0.277. The standard InChI is InChI=1S/C48H56ClN3O5/c1-31-43(29-52-19-17-48(55,18-20-52)41-13-15-42(49)16-14-41)56-45(57-44(31)38-7-5-32(30-53)6-8-38)39-11-9-37(10-12-39)40-4-2-3-33(24-40)28-50-46(54)51-47-25-34-21-35(26-47)23-36(22-34)27-47/h2-16,24,31,34-36,43-45,53,55H,17-23,25-30H2,1H3,(H2,50,51,54)/t31-,34?,35?,36?,43+,44+,45+,47?/m1/s1. The van der Waals surface area contributed by atoms with Gasteiger partial charge in [-0.2, -0.15) is 0 Å². The zero-order valence-electron chi connectivity index (χ0n) is 32.9. The third-order valence-corrected chi connectivity index (χ3v) is 14.2. The lowest BCUT2D eigenvalue weighted by Gasteiger charge is -2.56. The van der Waals surface area contributed by atoms with Crippen LogP contribution >= 0.6 is 11.6 Å². The molecule has 4 saturated carbocycles. The minimum absolute atomic E-state index is 0.00412. The van der Waals surface area contributed by atoms with Gasteiger partial charge in [0, 0.05) is 48.2 Å². The fourth-order valence-electron chi connectivity index (χ4n) is 11.2. The fourth-order valence-corrected chi connectivity index (χ4v) is 11.3. The summed E-state index contributed by atoms with van der Waals surface area (Å²) in [5.41, 5.74) is 6.14. The molecular formula is C48H56ClN3O5. The molecule has 0 unspecified atom stereocenters. The smallest absolute Gasteiger partial charge is 0.315 e. The van der Waals surface area contributed by atoms with E-state index in [0.29, 0.717) is 24.4 Å². The minimum atomic E-state index is -0.872. The number of carbonyl (C=O) groups excluding carboxylic acids is 1. The Labute approximate surface area is 341 Å². The number of aliphatic hydroxyl groups is 2. The molecule has 300 valence electrons. The molecule has 4 aromatic rings. The SMILES string of the molecule is C[C@@H]1[C@H](CN2CCC(O)(c3ccc(Cl)cc3)CC2)O[C@H](c2ccc(-c3cccc(CNC(=O)NC45CC6CC(CC(C6)C4)C5)c3)cc2)O[C@@H]1c1ccc(CO)cc1. The quantitative estimate of drug-likeness (QED) is 0.128. The van der Waals surface area contributed by atoms with Crippen LogP contribution in [0.25, 0.3) is 11.1 Å². The van der Waals surface area contributed by atoms with Gasteiger partial charge in [-0.15, -0.1) is 0 Å². The number of carbonyl (C=O) groups is 1. The van der Waals surface area contributed by atoms with Crippen LogP contribution in [0.3, 0.4) is 0 Å². The zero-order chi connectivity index (χ0) is 39.1. The van der Waals surface area contributed by atoms with Crippen molar-refractivity contribution in [3.63, 3.8) is 0 Å². The van der Waals surface area contributed by atoms with Gasteiger partial charge in [-0.05, 0) is 121 Å². The Hall–Kier alpha value is -3.76. The fraction of sp³-hybridized carbons (Fsp3) is 0.479. The topological polar surface area (TPSA) is 103 Å².